The number of aromatic carboxylic acids is 1. The fourth-order valence-corrected chi connectivity index (χ4v) is 2.12. The Morgan fingerprint density at radius 2 is 2.05 bits per heavy atom. The van der Waals surface area contributed by atoms with Crippen molar-refractivity contribution in [3.8, 4) is 0 Å². The predicted octanol–water partition coefficient (Wildman–Crippen LogP) is 1.08. The first-order chi connectivity index (χ1) is 9.16. The highest BCUT2D eigenvalue weighted by molar-refractivity contribution is 5.84. The number of hydrogen-bond acceptors (Lipinski definition) is 4. The fraction of sp³-hybridized carbons (Fsp3) is 0.538. The zero-order valence-electron chi connectivity index (χ0n) is 10.7. The van der Waals surface area contributed by atoms with Gasteiger partial charge in [0.25, 0.3) is 0 Å². The van der Waals surface area contributed by atoms with E-state index in [9.17, 15) is 9.59 Å². The number of hydrogen-bond donors (Lipinski definition) is 2. The summed E-state index contributed by atoms with van der Waals surface area (Å²) in [5.41, 5.74) is 0. The molecule has 1 aromatic heterocycles. The lowest BCUT2D eigenvalue weighted by Crippen LogP contribution is -2.30. The maximum atomic E-state index is 11.7. The summed E-state index contributed by atoms with van der Waals surface area (Å²) < 4.78 is 5.09. The second-order valence-electron chi connectivity index (χ2n) is 4.59. The first kappa shape index (κ1) is 13.6. The van der Waals surface area contributed by atoms with Crippen LogP contribution >= 0.6 is 0 Å². The Bertz CT molecular complexity index is 449. The molecule has 6 nitrogen and oxygen atoms in total. The third-order valence-corrected chi connectivity index (χ3v) is 3.15. The Labute approximate surface area is 111 Å². The van der Waals surface area contributed by atoms with Crippen molar-refractivity contribution in [2.24, 2.45) is 0 Å². The van der Waals surface area contributed by atoms with Gasteiger partial charge in [-0.1, -0.05) is 0 Å². The van der Waals surface area contributed by atoms with Crippen LogP contribution in [-0.2, 0) is 11.3 Å². The maximum absolute atomic E-state index is 11.7. The van der Waals surface area contributed by atoms with Gasteiger partial charge in [0.15, 0.2) is 0 Å². The minimum atomic E-state index is -1.07. The summed E-state index contributed by atoms with van der Waals surface area (Å²) >= 11 is 0. The molecule has 1 aliphatic rings. The lowest BCUT2D eigenvalue weighted by molar-refractivity contribution is -0.130. The van der Waals surface area contributed by atoms with Gasteiger partial charge in [0.1, 0.15) is 5.76 Å². The highest BCUT2D eigenvalue weighted by Crippen LogP contribution is 2.09. The van der Waals surface area contributed by atoms with Gasteiger partial charge in [0.2, 0.25) is 11.7 Å². The van der Waals surface area contributed by atoms with Gasteiger partial charge in [-0.3, -0.25) is 4.79 Å². The number of rotatable bonds is 6. The van der Waals surface area contributed by atoms with Crippen LogP contribution in [0.4, 0.5) is 0 Å². The van der Waals surface area contributed by atoms with Crippen molar-refractivity contribution in [3.63, 3.8) is 0 Å². The van der Waals surface area contributed by atoms with Crippen molar-refractivity contribution in [2.45, 2.75) is 25.8 Å². The van der Waals surface area contributed by atoms with Crippen molar-refractivity contribution in [1.82, 2.24) is 10.2 Å². The van der Waals surface area contributed by atoms with Crippen LogP contribution in [0.1, 0.15) is 35.6 Å². The molecule has 104 valence electrons. The topological polar surface area (TPSA) is 82.8 Å². The summed E-state index contributed by atoms with van der Waals surface area (Å²) in [4.78, 5) is 24.2. The number of likely N-dealkylation sites (tertiary alicyclic amines) is 1. The van der Waals surface area contributed by atoms with Crippen LogP contribution in [0.15, 0.2) is 16.5 Å². The van der Waals surface area contributed by atoms with Gasteiger partial charge in [-0.2, -0.15) is 0 Å². The number of carbonyl (C=O) groups is 2. The summed E-state index contributed by atoms with van der Waals surface area (Å²) in [5, 5.41) is 11.8. The fourth-order valence-electron chi connectivity index (χ4n) is 2.12. The summed E-state index contributed by atoms with van der Waals surface area (Å²) in [6.07, 6.45) is 2.67. The molecule has 0 bridgehead atoms. The van der Waals surface area contributed by atoms with E-state index in [2.05, 4.69) is 5.32 Å². The first-order valence-electron chi connectivity index (χ1n) is 6.47. The minimum Gasteiger partial charge on any atom is -0.475 e. The molecule has 6 heteroatoms. The molecule has 0 aromatic carbocycles. The minimum absolute atomic E-state index is 0.0649. The van der Waals surface area contributed by atoms with E-state index in [4.69, 9.17) is 9.52 Å². The summed E-state index contributed by atoms with van der Waals surface area (Å²) in [6.45, 7) is 2.75. The zero-order chi connectivity index (χ0) is 13.7. The van der Waals surface area contributed by atoms with Gasteiger partial charge in [-0.15, -0.1) is 0 Å². The molecule has 1 saturated heterocycles. The molecule has 19 heavy (non-hydrogen) atoms. The Kier molecular flexibility index (Phi) is 4.57. The normalized spacial score (nSPS) is 14.8. The average Bonchev–Trinajstić information content (AvgIpc) is 3.05. The van der Waals surface area contributed by atoms with Crippen LogP contribution in [0.3, 0.4) is 0 Å². The summed E-state index contributed by atoms with van der Waals surface area (Å²) in [6, 6.07) is 3.05. The van der Waals surface area contributed by atoms with E-state index in [0.717, 1.165) is 25.9 Å². The van der Waals surface area contributed by atoms with Gasteiger partial charge < -0.3 is 19.7 Å². The number of carboxylic acid groups (broad SMARTS) is 1. The molecule has 0 aliphatic carbocycles. The van der Waals surface area contributed by atoms with E-state index in [-0.39, 0.29) is 11.7 Å². The number of nitrogens with one attached hydrogen (secondary N) is 1. The van der Waals surface area contributed by atoms with Gasteiger partial charge >= 0.3 is 5.97 Å². The van der Waals surface area contributed by atoms with Crippen molar-refractivity contribution in [2.75, 3.05) is 19.6 Å². The van der Waals surface area contributed by atoms with E-state index in [0.29, 0.717) is 25.3 Å². The van der Waals surface area contributed by atoms with Crippen LogP contribution in [0.5, 0.6) is 0 Å². The number of nitrogens with zero attached hydrogens (tertiary/aromatic N) is 1. The van der Waals surface area contributed by atoms with Crippen molar-refractivity contribution < 1.29 is 19.1 Å². The molecule has 0 unspecified atom stereocenters. The SMILES string of the molecule is O=C(O)c1ccc(CNCCC(=O)N2CCCC2)o1. The zero-order valence-corrected chi connectivity index (χ0v) is 10.7. The van der Waals surface area contributed by atoms with E-state index in [1.807, 2.05) is 4.90 Å². The lowest BCUT2D eigenvalue weighted by atomic mass is 10.3. The first-order valence-corrected chi connectivity index (χ1v) is 6.47. The quantitative estimate of drug-likeness (QED) is 0.753. The van der Waals surface area contributed by atoms with Gasteiger partial charge in [-0.25, -0.2) is 4.79 Å². The molecule has 2 N–H and O–H groups in total. The standard InChI is InChI=1S/C13H18N2O4/c16-12(15-7-1-2-8-15)5-6-14-9-10-3-4-11(19-10)13(17)18/h3-4,14H,1-2,5-9H2,(H,17,18). The highest BCUT2D eigenvalue weighted by Gasteiger charge is 2.17. The van der Waals surface area contributed by atoms with E-state index < -0.39 is 5.97 Å². The number of carboxylic acids is 1. The Balaban J connectivity index is 1.65. The van der Waals surface area contributed by atoms with E-state index >= 15 is 0 Å². The molecule has 0 saturated carbocycles. The molecule has 1 aromatic rings. The Morgan fingerprint density at radius 3 is 2.68 bits per heavy atom. The van der Waals surface area contributed by atoms with Gasteiger partial charge in [0, 0.05) is 26.1 Å². The van der Waals surface area contributed by atoms with Crippen molar-refractivity contribution in [1.29, 1.82) is 0 Å². The van der Waals surface area contributed by atoms with Crippen LogP contribution in [-0.4, -0.2) is 41.5 Å². The molecular formula is C13H18N2O4. The molecule has 1 amide bonds. The molecule has 2 rings (SSSR count). The molecule has 0 spiro atoms. The van der Waals surface area contributed by atoms with Gasteiger partial charge in [-0.05, 0) is 25.0 Å². The summed E-state index contributed by atoms with van der Waals surface area (Å²) in [5.74, 6) is -0.401. The van der Waals surface area contributed by atoms with Crippen LogP contribution in [0.2, 0.25) is 0 Å². The largest absolute Gasteiger partial charge is 0.475 e. The predicted molar refractivity (Wildman–Crippen MR) is 67.8 cm³/mol. The third kappa shape index (κ3) is 3.82. The molecule has 2 heterocycles. The molecule has 1 aliphatic heterocycles. The highest BCUT2D eigenvalue weighted by atomic mass is 16.4. The number of carbonyl (C=O) groups excluding carboxylic acids is 1. The average molecular weight is 266 g/mol. The Hall–Kier alpha value is -1.82. The summed E-state index contributed by atoms with van der Waals surface area (Å²) in [7, 11) is 0. The second-order valence-corrected chi connectivity index (χ2v) is 4.59. The van der Waals surface area contributed by atoms with Gasteiger partial charge in [0.05, 0.1) is 6.54 Å². The van der Waals surface area contributed by atoms with Crippen LogP contribution in [0.25, 0.3) is 0 Å². The monoisotopic (exact) mass is 266 g/mol. The van der Waals surface area contributed by atoms with E-state index in [1.54, 1.807) is 6.07 Å². The number of furan rings is 1. The molecule has 0 radical (unpaired) electrons. The number of amides is 1. The third-order valence-electron chi connectivity index (χ3n) is 3.15. The molecule has 0 atom stereocenters. The van der Waals surface area contributed by atoms with Crippen LogP contribution < -0.4 is 5.32 Å². The molecular weight excluding hydrogens is 248 g/mol. The lowest BCUT2D eigenvalue weighted by Gasteiger charge is -2.14. The van der Waals surface area contributed by atoms with Crippen molar-refractivity contribution >= 4 is 11.9 Å². The second kappa shape index (κ2) is 6.38. The Morgan fingerprint density at radius 1 is 1.32 bits per heavy atom. The smallest absolute Gasteiger partial charge is 0.371 e. The van der Waals surface area contributed by atoms with Crippen molar-refractivity contribution in [3.05, 3.63) is 23.7 Å². The molecule has 1 fully saturated rings. The maximum Gasteiger partial charge on any atom is 0.371 e. The van der Waals surface area contributed by atoms with E-state index in [1.165, 1.54) is 6.07 Å². The van der Waals surface area contributed by atoms with Crippen LogP contribution in [0, 0.1) is 0 Å².